The van der Waals surface area contributed by atoms with E-state index in [0.717, 1.165) is 11.4 Å². The van der Waals surface area contributed by atoms with E-state index in [4.69, 9.17) is 5.73 Å². The van der Waals surface area contributed by atoms with E-state index in [-0.39, 0.29) is 5.91 Å². The molecule has 0 saturated heterocycles. The lowest BCUT2D eigenvalue weighted by molar-refractivity contribution is 0.102. The highest BCUT2D eigenvalue weighted by atomic mass is 16.1. The van der Waals surface area contributed by atoms with E-state index < -0.39 is 0 Å². The molecule has 0 unspecified atom stereocenters. The predicted molar refractivity (Wildman–Crippen MR) is 82.4 cm³/mol. The molecule has 3 rings (SSSR count). The molecule has 104 valence electrons. The summed E-state index contributed by atoms with van der Waals surface area (Å²) >= 11 is 0. The van der Waals surface area contributed by atoms with Crippen LogP contribution >= 0.6 is 0 Å². The van der Waals surface area contributed by atoms with Crippen LogP contribution in [0.5, 0.6) is 0 Å². The Labute approximate surface area is 122 Å². The Kier molecular flexibility index (Phi) is 3.39. The fourth-order valence-electron chi connectivity index (χ4n) is 1.96. The Hall–Kier alpha value is -3.08. The topological polar surface area (TPSA) is 72.9 Å². The second-order valence-electron chi connectivity index (χ2n) is 4.57. The molecule has 3 aromatic rings. The molecule has 0 aliphatic carbocycles. The number of benzene rings is 2. The summed E-state index contributed by atoms with van der Waals surface area (Å²) in [5.41, 5.74) is 8.47. The second-order valence-corrected chi connectivity index (χ2v) is 4.57. The van der Waals surface area contributed by atoms with E-state index in [1.807, 2.05) is 36.5 Å². The molecule has 0 spiro atoms. The number of nitrogens with one attached hydrogen (secondary N) is 1. The molecule has 0 aliphatic heterocycles. The standard InChI is InChI=1S/C16H14N4O/c17-13-4-2-12(3-5-13)16(21)19-14-6-8-15(9-7-14)20-11-1-10-18-20/h1-11H,17H2,(H,19,21). The molecular formula is C16H14N4O. The van der Waals surface area contributed by atoms with Crippen molar-refractivity contribution in [3.8, 4) is 5.69 Å². The molecule has 3 N–H and O–H groups in total. The lowest BCUT2D eigenvalue weighted by atomic mass is 10.2. The van der Waals surface area contributed by atoms with Gasteiger partial charge in [-0.25, -0.2) is 4.68 Å². The Morgan fingerprint density at radius 1 is 1.05 bits per heavy atom. The van der Waals surface area contributed by atoms with Gasteiger partial charge in [-0.3, -0.25) is 4.79 Å². The van der Waals surface area contributed by atoms with Gasteiger partial charge in [0.2, 0.25) is 0 Å². The van der Waals surface area contributed by atoms with Crippen LogP contribution < -0.4 is 11.1 Å². The molecule has 1 heterocycles. The predicted octanol–water partition coefficient (Wildman–Crippen LogP) is 2.71. The van der Waals surface area contributed by atoms with Gasteiger partial charge in [0.1, 0.15) is 0 Å². The van der Waals surface area contributed by atoms with Gasteiger partial charge in [0, 0.05) is 29.3 Å². The van der Waals surface area contributed by atoms with E-state index in [0.29, 0.717) is 11.3 Å². The van der Waals surface area contributed by atoms with Crippen molar-refractivity contribution in [2.24, 2.45) is 0 Å². The number of hydrogen-bond donors (Lipinski definition) is 2. The van der Waals surface area contributed by atoms with Crippen molar-refractivity contribution in [1.82, 2.24) is 9.78 Å². The van der Waals surface area contributed by atoms with Crippen LogP contribution in [0.4, 0.5) is 11.4 Å². The van der Waals surface area contributed by atoms with Crippen LogP contribution in [0.1, 0.15) is 10.4 Å². The average molecular weight is 278 g/mol. The minimum atomic E-state index is -0.165. The first-order valence-corrected chi connectivity index (χ1v) is 6.49. The average Bonchev–Trinajstić information content (AvgIpc) is 3.03. The fourth-order valence-corrected chi connectivity index (χ4v) is 1.96. The smallest absolute Gasteiger partial charge is 0.255 e. The normalized spacial score (nSPS) is 10.3. The molecule has 0 saturated carbocycles. The first kappa shape index (κ1) is 12.9. The van der Waals surface area contributed by atoms with E-state index >= 15 is 0 Å². The SMILES string of the molecule is Nc1ccc(C(=O)Nc2ccc(-n3cccn3)cc2)cc1. The molecule has 0 atom stereocenters. The summed E-state index contributed by atoms with van der Waals surface area (Å²) in [5.74, 6) is -0.165. The highest BCUT2D eigenvalue weighted by molar-refractivity contribution is 6.04. The van der Waals surface area contributed by atoms with Gasteiger partial charge in [-0.1, -0.05) is 0 Å². The van der Waals surface area contributed by atoms with E-state index in [1.165, 1.54) is 0 Å². The Morgan fingerprint density at radius 2 is 1.76 bits per heavy atom. The molecule has 0 radical (unpaired) electrons. The summed E-state index contributed by atoms with van der Waals surface area (Å²) in [5, 5.41) is 6.99. The Morgan fingerprint density at radius 3 is 2.38 bits per heavy atom. The number of nitrogen functional groups attached to an aromatic ring is 1. The molecule has 0 fully saturated rings. The summed E-state index contributed by atoms with van der Waals surface area (Å²) < 4.78 is 1.76. The number of carbonyl (C=O) groups is 1. The molecule has 5 heteroatoms. The summed E-state index contributed by atoms with van der Waals surface area (Å²) in [7, 11) is 0. The molecule has 1 aromatic heterocycles. The Bertz CT molecular complexity index is 731. The van der Waals surface area contributed by atoms with Gasteiger partial charge in [0.25, 0.3) is 5.91 Å². The van der Waals surface area contributed by atoms with Crippen LogP contribution in [-0.2, 0) is 0 Å². The monoisotopic (exact) mass is 278 g/mol. The molecule has 0 aliphatic rings. The minimum Gasteiger partial charge on any atom is -0.399 e. The van der Waals surface area contributed by atoms with E-state index in [1.54, 1.807) is 35.1 Å². The molecule has 2 aromatic carbocycles. The number of amides is 1. The molecule has 0 bridgehead atoms. The first-order chi connectivity index (χ1) is 10.2. The molecule has 5 nitrogen and oxygen atoms in total. The van der Waals surface area contributed by atoms with Gasteiger partial charge >= 0.3 is 0 Å². The van der Waals surface area contributed by atoms with Gasteiger partial charge in [-0.2, -0.15) is 5.10 Å². The van der Waals surface area contributed by atoms with Crippen molar-refractivity contribution in [3.05, 3.63) is 72.6 Å². The zero-order valence-electron chi connectivity index (χ0n) is 11.2. The number of aromatic nitrogens is 2. The lowest BCUT2D eigenvalue weighted by Crippen LogP contribution is -2.11. The van der Waals surface area contributed by atoms with Crippen molar-refractivity contribution >= 4 is 17.3 Å². The van der Waals surface area contributed by atoms with Gasteiger partial charge in [0.05, 0.1) is 5.69 Å². The Balaban J connectivity index is 1.73. The fraction of sp³-hybridized carbons (Fsp3) is 0. The molecule has 21 heavy (non-hydrogen) atoms. The summed E-state index contributed by atoms with van der Waals surface area (Å²) in [4.78, 5) is 12.1. The largest absolute Gasteiger partial charge is 0.399 e. The van der Waals surface area contributed by atoms with E-state index in [9.17, 15) is 4.79 Å². The summed E-state index contributed by atoms with van der Waals surface area (Å²) in [6, 6.07) is 16.1. The van der Waals surface area contributed by atoms with Gasteiger partial charge in [-0.15, -0.1) is 0 Å². The molecular weight excluding hydrogens is 264 g/mol. The van der Waals surface area contributed by atoms with Crippen LogP contribution in [0.25, 0.3) is 5.69 Å². The number of carbonyl (C=O) groups excluding carboxylic acids is 1. The number of anilines is 2. The van der Waals surface area contributed by atoms with Crippen LogP contribution in [0.2, 0.25) is 0 Å². The van der Waals surface area contributed by atoms with Crippen LogP contribution in [0.3, 0.4) is 0 Å². The van der Waals surface area contributed by atoms with Crippen molar-refractivity contribution in [2.75, 3.05) is 11.1 Å². The third-order valence-electron chi connectivity index (χ3n) is 3.07. The third-order valence-corrected chi connectivity index (χ3v) is 3.07. The van der Waals surface area contributed by atoms with Crippen LogP contribution in [0, 0.1) is 0 Å². The maximum atomic E-state index is 12.1. The van der Waals surface area contributed by atoms with Gasteiger partial charge in [-0.05, 0) is 54.6 Å². The second kappa shape index (κ2) is 5.50. The zero-order chi connectivity index (χ0) is 14.7. The molecule has 1 amide bonds. The third kappa shape index (κ3) is 2.92. The maximum absolute atomic E-state index is 12.1. The van der Waals surface area contributed by atoms with Crippen LogP contribution in [-0.4, -0.2) is 15.7 Å². The first-order valence-electron chi connectivity index (χ1n) is 6.49. The van der Waals surface area contributed by atoms with Crippen LogP contribution in [0.15, 0.2) is 67.0 Å². The van der Waals surface area contributed by atoms with Crippen molar-refractivity contribution < 1.29 is 4.79 Å². The van der Waals surface area contributed by atoms with Crippen molar-refractivity contribution in [1.29, 1.82) is 0 Å². The van der Waals surface area contributed by atoms with E-state index in [2.05, 4.69) is 10.4 Å². The van der Waals surface area contributed by atoms with Crippen molar-refractivity contribution in [3.63, 3.8) is 0 Å². The number of nitrogens with two attached hydrogens (primary N) is 1. The maximum Gasteiger partial charge on any atom is 0.255 e. The van der Waals surface area contributed by atoms with Crippen molar-refractivity contribution in [2.45, 2.75) is 0 Å². The number of hydrogen-bond acceptors (Lipinski definition) is 3. The summed E-state index contributed by atoms with van der Waals surface area (Å²) in [6.45, 7) is 0. The highest BCUT2D eigenvalue weighted by Crippen LogP contribution is 2.14. The quantitative estimate of drug-likeness (QED) is 0.723. The number of nitrogens with zero attached hydrogens (tertiary/aromatic N) is 2. The summed E-state index contributed by atoms with van der Waals surface area (Å²) in [6.07, 6.45) is 3.58. The highest BCUT2D eigenvalue weighted by Gasteiger charge is 2.05. The minimum absolute atomic E-state index is 0.165. The zero-order valence-corrected chi connectivity index (χ0v) is 11.2. The van der Waals surface area contributed by atoms with Gasteiger partial charge < -0.3 is 11.1 Å². The lowest BCUT2D eigenvalue weighted by Gasteiger charge is -2.07. The van der Waals surface area contributed by atoms with Gasteiger partial charge in [0.15, 0.2) is 0 Å². The number of rotatable bonds is 3.